The Labute approximate surface area is 124 Å². The number of hydrogen-bond donors (Lipinski definition) is 0. The van der Waals surface area contributed by atoms with Crippen molar-refractivity contribution in [2.75, 3.05) is 6.54 Å². The van der Waals surface area contributed by atoms with Crippen LogP contribution in [0.3, 0.4) is 0 Å². The molecule has 2 aliphatic heterocycles. The molecule has 1 aromatic rings. The highest BCUT2D eigenvalue weighted by Crippen LogP contribution is 2.44. The van der Waals surface area contributed by atoms with Crippen LogP contribution in [0.15, 0.2) is 51.5 Å². The van der Waals surface area contributed by atoms with Gasteiger partial charge in [0.25, 0.3) is 0 Å². The molecule has 0 saturated heterocycles. The van der Waals surface area contributed by atoms with E-state index in [4.69, 9.17) is 4.99 Å². The fraction of sp³-hybridized carbons (Fsp3) is 0.353. The highest BCUT2D eigenvalue weighted by Gasteiger charge is 2.33. The van der Waals surface area contributed by atoms with Gasteiger partial charge >= 0.3 is 0 Å². The Morgan fingerprint density at radius 2 is 1.90 bits per heavy atom. The van der Waals surface area contributed by atoms with E-state index in [1.165, 1.54) is 52.7 Å². The minimum Gasteiger partial charge on any atom is -0.315 e. The molecule has 0 atom stereocenters. The Morgan fingerprint density at radius 3 is 2.75 bits per heavy atom. The summed E-state index contributed by atoms with van der Waals surface area (Å²) in [6.45, 7) is 3.26. The molecular formula is C17H18N2S. The van der Waals surface area contributed by atoms with Gasteiger partial charge in [-0.3, -0.25) is 0 Å². The van der Waals surface area contributed by atoms with Gasteiger partial charge in [0.15, 0.2) is 5.17 Å². The molecule has 20 heavy (non-hydrogen) atoms. The van der Waals surface area contributed by atoms with E-state index >= 15 is 0 Å². The number of thioether (sulfide) groups is 1. The van der Waals surface area contributed by atoms with Crippen molar-refractivity contribution in [2.45, 2.75) is 32.6 Å². The van der Waals surface area contributed by atoms with Gasteiger partial charge in [0, 0.05) is 17.1 Å². The summed E-state index contributed by atoms with van der Waals surface area (Å²) in [5, 5.41) is 1.18. The number of fused-ring (bicyclic) bond motifs is 1. The molecule has 0 fully saturated rings. The highest BCUT2D eigenvalue weighted by molar-refractivity contribution is 8.17. The molecular weight excluding hydrogens is 264 g/mol. The van der Waals surface area contributed by atoms with E-state index < -0.39 is 0 Å². The zero-order valence-electron chi connectivity index (χ0n) is 11.7. The van der Waals surface area contributed by atoms with Crippen molar-refractivity contribution in [3.63, 3.8) is 0 Å². The van der Waals surface area contributed by atoms with Crippen LogP contribution in [0.1, 0.15) is 38.2 Å². The van der Waals surface area contributed by atoms with Crippen molar-refractivity contribution in [3.05, 3.63) is 52.1 Å². The number of nitrogens with zero attached hydrogens (tertiary/aromatic N) is 2. The van der Waals surface area contributed by atoms with Crippen LogP contribution in [0.2, 0.25) is 0 Å². The molecule has 1 aromatic carbocycles. The molecule has 0 spiro atoms. The molecule has 0 radical (unpaired) electrons. The lowest BCUT2D eigenvalue weighted by Gasteiger charge is -2.31. The maximum absolute atomic E-state index is 4.94. The number of amidine groups is 1. The number of aliphatic imine (C=N–C) groups is 1. The van der Waals surface area contributed by atoms with Gasteiger partial charge in [0.05, 0.1) is 5.70 Å². The van der Waals surface area contributed by atoms with Crippen molar-refractivity contribution in [2.24, 2.45) is 4.99 Å². The fourth-order valence-electron chi connectivity index (χ4n) is 3.27. The van der Waals surface area contributed by atoms with Gasteiger partial charge in [-0.25, -0.2) is 4.99 Å². The van der Waals surface area contributed by atoms with E-state index in [9.17, 15) is 0 Å². The number of hydrogen-bond acceptors (Lipinski definition) is 3. The number of rotatable bonds is 1. The van der Waals surface area contributed by atoms with Gasteiger partial charge in [-0.05, 0) is 43.7 Å². The monoisotopic (exact) mass is 282 g/mol. The van der Waals surface area contributed by atoms with Crippen LogP contribution >= 0.6 is 11.8 Å². The van der Waals surface area contributed by atoms with E-state index in [1.807, 2.05) is 11.8 Å². The first-order valence-corrected chi connectivity index (χ1v) is 8.16. The smallest absolute Gasteiger partial charge is 0.173 e. The second-order valence-electron chi connectivity index (χ2n) is 5.61. The standard InChI is InChI=1S/C17H18N2S/c1-12-16(13-7-3-2-4-8-13)19-11-14-9-5-6-10-15(14)18-17(19)20-12/h2-4,7-8H,5-6,9-11H2,1H3. The van der Waals surface area contributed by atoms with E-state index in [-0.39, 0.29) is 0 Å². The van der Waals surface area contributed by atoms with E-state index in [1.54, 1.807) is 5.57 Å². The molecule has 0 saturated carbocycles. The number of benzene rings is 1. The van der Waals surface area contributed by atoms with Gasteiger partial charge in [-0.2, -0.15) is 0 Å². The van der Waals surface area contributed by atoms with Crippen LogP contribution in [0.25, 0.3) is 5.70 Å². The van der Waals surface area contributed by atoms with E-state index in [0.29, 0.717) is 0 Å². The maximum atomic E-state index is 4.94. The third-order valence-corrected chi connectivity index (χ3v) is 5.25. The van der Waals surface area contributed by atoms with Crippen molar-refractivity contribution < 1.29 is 0 Å². The quantitative estimate of drug-likeness (QED) is 0.747. The lowest BCUT2D eigenvalue weighted by molar-refractivity contribution is 0.558. The zero-order valence-corrected chi connectivity index (χ0v) is 12.5. The summed E-state index contributed by atoms with van der Waals surface area (Å²) >= 11 is 1.83. The molecule has 0 unspecified atom stereocenters. The Kier molecular flexibility index (Phi) is 2.95. The molecule has 0 amide bonds. The Hall–Kier alpha value is -1.48. The first kappa shape index (κ1) is 12.3. The summed E-state index contributed by atoms with van der Waals surface area (Å²) in [6.07, 6.45) is 5.04. The molecule has 0 N–H and O–H groups in total. The summed E-state index contributed by atoms with van der Waals surface area (Å²) in [5.74, 6) is 0. The van der Waals surface area contributed by atoms with Crippen molar-refractivity contribution >= 4 is 22.6 Å². The summed E-state index contributed by atoms with van der Waals surface area (Å²) in [7, 11) is 0. The molecule has 2 heterocycles. The summed E-state index contributed by atoms with van der Waals surface area (Å²) in [6, 6.07) is 10.7. The first-order valence-electron chi connectivity index (χ1n) is 7.34. The Balaban J connectivity index is 1.73. The molecule has 1 aliphatic carbocycles. The molecule has 3 aliphatic rings. The molecule has 3 heteroatoms. The number of allylic oxidation sites excluding steroid dienone is 2. The highest BCUT2D eigenvalue weighted by atomic mass is 32.2. The third-order valence-electron chi connectivity index (χ3n) is 4.26. The van der Waals surface area contributed by atoms with Gasteiger partial charge in [-0.1, -0.05) is 42.1 Å². The van der Waals surface area contributed by atoms with Crippen LogP contribution in [0.4, 0.5) is 0 Å². The van der Waals surface area contributed by atoms with Crippen LogP contribution in [-0.4, -0.2) is 16.6 Å². The molecule has 4 rings (SSSR count). The summed E-state index contributed by atoms with van der Waals surface area (Å²) in [5.41, 5.74) is 5.59. The molecule has 2 nitrogen and oxygen atoms in total. The van der Waals surface area contributed by atoms with E-state index in [2.05, 4.69) is 42.2 Å². The predicted molar refractivity (Wildman–Crippen MR) is 86.3 cm³/mol. The first-order chi connectivity index (χ1) is 9.83. The van der Waals surface area contributed by atoms with Crippen LogP contribution in [0, 0.1) is 0 Å². The van der Waals surface area contributed by atoms with Crippen LogP contribution in [-0.2, 0) is 0 Å². The largest absolute Gasteiger partial charge is 0.315 e. The third kappa shape index (κ3) is 1.92. The van der Waals surface area contributed by atoms with Crippen LogP contribution in [0.5, 0.6) is 0 Å². The molecule has 102 valence electrons. The SMILES string of the molecule is CC1=C(c2ccccc2)N2CC3=C(CCCC3)N=C2S1. The lowest BCUT2D eigenvalue weighted by atomic mass is 9.95. The van der Waals surface area contributed by atoms with Crippen molar-refractivity contribution in [1.82, 2.24) is 4.90 Å². The average molecular weight is 282 g/mol. The second kappa shape index (κ2) is 4.81. The van der Waals surface area contributed by atoms with Gasteiger partial charge in [0.1, 0.15) is 0 Å². The maximum Gasteiger partial charge on any atom is 0.173 e. The normalized spacial score (nSPS) is 21.9. The average Bonchev–Trinajstić information content (AvgIpc) is 2.80. The summed E-state index contributed by atoms with van der Waals surface area (Å²) in [4.78, 5) is 8.72. The van der Waals surface area contributed by atoms with Gasteiger partial charge in [0.2, 0.25) is 0 Å². The molecule has 0 bridgehead atoms. The van der Waals surface area contributed by atoms with Crippen molar-refractivity contribution in [1.29, 1.82) is 0 Å². The second-order valence-corrected chi connectivity index (χ2v) is 6.79. The van der Waals surface area contributed by atoms with Crippen LogP contribution < -0.4 is 0 Å². The molecule has 0 aromatic heterocycles. The van der Waals surface area contributed by atoms with Crippen molar-refractivity contribution in [3.8, 4) is 0 Å². The fourth-order valence-corrected chi connectivity index (χ4v) is 4.29. The van der Waals surface area contributed by atoms with Gasteiger partial charge < -0.3 is 4.90 Å². The topological polar surface area (TPSA) is 15.6 Å². The van der Waals surface area contributed by atoms with Gasteiger partial charge in [-0.15, -0.1) is 0 Å². The minimum atomic E-state index is 1.04. The Morgan fingerprint density at radius 1 is 1.10 bits per heavy atom. The Bertz CT molecular complexity index is 640. The van der Waals surface area contributed by atoms with E-state index in [0.717, 1.165) is 6.54 Å². The predicted octanol–water partition coefficient (Wildman–Crippen LogP) is 4.62. The summed E-state index contributed by atoms with van der Waals surface area (Å²) < 4.78 is 0. The lowest BCUT2D eigenvalue weighted by Crippen LogP contribution is -2.30. The zero-order chi connectivity index (χ0) is 13.5. The minimum absolute atomic E-state index is 1.04.